The first-order chi connectivity index (χ1) is 8.65. The normalized spacial score (nSPS) is 12.1. The fraction of sp³-hybridized carbons (Fsp3) is 0.214. The van der Waals surface area contributed by atoms with Crippen LogP contribution in [0.25, 0.3) is 0 Å². The van der Waals surface area contributed by atoms with Crippen LogP contribution in [0.4, 0.5) is 5.69 Å². The largest absolute Gasteiger partial charge is 0.378 e. The highest BCUT2D eigenvalue weighted by atomic mass is 32.1. The van der Waals surface area contributed by atoms with Gasteiger partial charge in [0.25, 0.3) is 0 Å². The van der Waals surface area contributed by atoms with Gasteiger partial charge in [-0.25, -0.2) is 0 Å². The van der Waals surface area contributed by atoms with Crippen molar-refractivity contribution in [3.05, 3.63) is 52.2 Å². The summed E-state index contributed by atoms with van der Waals surface area (Å²) >= 11 is 1.70. The van der Waals surface area contributed by atoms with Crippen molar-refractivity contribution >= 4 is 22.9 Å². The van der Waals surface area contributed by atoms with Crippen LogP contribution in [0.15, 0.2) is 41.1 Å². The summed E-state index contributed by atoms with van der Waals surface area (Å²) in [5.74, 6) is -0.303. The first kappa shape index (κ1) is 12.6. The molecule has 1 aromatic heterocycles. The van der Waals surface area contributed by atoms with Crippen molar-refractivity contribution in [2.24, 2.45) is 5.73 Å². The summed E-state index contributed by atoms with van der Waals surface area (Å²) in [6.07, 6.45) is 0.292. The molecule has 0 bridgehead atoms. The van der Waals surface area contributed by atoms with Gasteiger partial charge in [-0.05, 0) is 47.0 Å². The molecule has 0 aliphatic rings. The smallest absolute Gasteiger partial charge is 0.221 e. The van der Waals surface area contributed by atoms with E-state index in [0.717, 1.165) is 11.3 Å². The number of rotatable bonds is 5. The number of nitrogens with one attached hydrogen (secondary N) is 1. The van der Waals surface area contributed by atoms with E-state index in [-0.39, 0.29) is 11.9 Å². The summed E-state index contributed by atoms with van der Waals surface area (Å²) in [7, 11) is 0. The van der Waals surface area contributed by atoms with E-state index in [4.69, 9.17) is 5.73 Å². The highest BCUT2D eigenvalue weighted by molar-refractivity contribution is 7.07. The van der Waals surface area contributed by atoms with E-state index < -0.39 is 0 Å². The molecule has 0 aliphatic heterocycles. The molecule has 0 saturated carbocycles. The van der Waals surface area contributed by atoms with Gasteiger partial charge in [-0.1, -0.05) is 12.1 Å². The van der Waals surface area contributed by atoms with Crippen LogP contribution in [0.2, 0.25) is 0 Å². The third kappa shape index (κ3) is 3.34. The second-order valence-electron chi connectivity index (χ2n) is 4.26. The number of benzene rings is 1. The van der Waals surface area contributed by atoms with Crippen molar-refractivity contribution in [2.75, 3.05) is 5.32 Å². The number of carbonyl (C=O) groups is 1. The lowest BCUT2D eigenvalue weighted by atomic mass is 10.1. The van der Waals surface area contributed by atoms with Gasteiger partial charge in [0.2, 0.25) is 5.91 Å². The first-order valence-electron chi connectivity index (χ1n) is 5.81. The van der Waals surface area contributed by atoms with E-state index in [1.165, 1.54) is 5.56 Å². The van der Waals surface area contributed by atoms with E-state index in [1.807, 2.05) is 24.3 Å². The Bertz CT molecular complexity index is 505. The number of hydrogen-bond acceptors (Lipinski definition) is 3. The second kappa shape index (κ2) is 5.69. The number of anilines is 1. The van der Waals surface area contributed by atoms with Crippen molar-refractivity contribution < 1.29 is 4.79 Å². The van der Waals surface area contributed by atoms with Gasteiger partial charge in [0.05, 0.1) is 6.42 Å². The zero-order valence-electron chi connectivity index (χ0n) is 10.2. The molecular formula is C14H16N2OS. The number of hydrogen-bond donors (Lipinski definition) is 2. The Balaban J connectivity index is 2.00. The Labute approximate surface area is 111 Å². The summed E-state index contributed by atoms with van der Waals surface area (Å²) in [6, 6.07) is 10.2. The van der Waals surface area contributed by atoms with Gasteiger partial charge < -0.3 is 11.1 Å². The van der Waals surface area contributed by atoms with E-state index in [2.05, 4.69) is 29.1 Å². The Morgan fingerprint density at radius 1 is 1.33 bits per heavy atom. The fourth-order valence-corrected chi connectivity index (χ4v) is 2.53. The first-order valence-corrected chi connectivity index (χ1v) is 6.75. The number of amides is 1. The average molecular weight is 260 g/mol. The number of carbonyl (C=O) groups excluding carboxylic acids is 1. The lowest BCUT2D eigenvalue weighted by molar-refractivity contribution is -0.117. The van der Waals surface area contributed by atoms with Gasteiger partial charge in [0.15, 0.2) is 0 Å². The van der Waals surface area contributed by atoms with Crippen molar-refractivity contribution in [2.45, 2.75) is 19.4 Å². The molecule has 1 unspecified atom stereocenters. The Morgan fingerprint density at radius 3 is 2.61 bits per heavy atom. The van der Waals surface area contributed by atoms with Gasteiger partial charge in [-0.15, -0.1) is 0 Å². The van der Waals surface area contributed by atoms with Crippen LogP contribution < -0.4 is 11.1 Å². The van der Waals surface area contributed by atoms with Crippen LogP contribution in [0, 0.1) is 0 Å². The minimum atomic E-state index is -0.303. The molecule has 2 aromatic rings. The topological polar surface area (TPSA) is 55.1 Å². The zero-order chi connectivity index (χ0) is 13.0. The Morgan fingerprint density at radius 2 is 2.06 bits per heavy atom. The van der Waals surface area contributed by atoms with Crippen LogP contribution in [0.3, 0.4) is 0 Å². The third-order valence-corrected chi connectivity index (χ3v) is 3.46. The minimum Gasteiger partial charge on any atom is -0.378 e. The maximum absolute atomic E-state index is 10.8. The molecule has 18 heavy (non-hydrogen) atoms. The van der Waals surface area contributed by atoms with Gasteiger partial charge in [-0.3, -0.25) is 4.79 Å². The molecule has 1 aromatic carbocycles. The molecule has 3 nitrogen and oxygen atoms in total. The molecule has 0 saturated heterocycles. The van der Waals surface area contributed by atoms with Crippen LogP contribution in [-0.2, 0) is 11.2 Å². The maximum atomic E-state index is 10.8. The number of thiophene rings is 1. The van der Waals surface area contributed by atoms with E-state index in [0.29, 0.717) is 6.42 Å². The summed E-state index contributed by atoms with van der Waals surface area (Å²) < 4.78 is 0. The second-order valence-corrected chi connectivity index (χ2v) is 5.04. The summed E-state index contributed by atoms with van der Waals surface area (Å²) in [4.78, 5) is 10.8. The average Bonchev–Trinajstić information content (AvgIpc) is 2.84. The Hall–Kier alpha value is -1.81. The van der Waals surface area contributed by atoms with Crippen molar-refractivity contribution in [1.29, 1.82) is 0 Å². The van der Waals surface area contributed by atoms with E-state index >= 15 is 0 Å². The molecule has 2 rings (SSSR count). The van der Waals surface area contributed by atoms with Crippen molar-refractivity contribution in [3.8, 4) is 0 Å². The standard InChI is InChI=1S/C14H16N2OS/c1-10(12-6-7-18-9-12)16-13-4-2-11(3-5-13)8-14(15)17/h2-7,9-10,16H,8H2,1H3,(H2,15,17). The molecule has 1 amide bonds. The molecule has 4 heteroatoms. The zero-order valence-corrected chi connectivity index (χ0v) is 11.0. The summed E-state index contributed by atoms with van der Waals surface area (Å²) in [6.45, 7) is 2.12. The quantitative estimate of drug-likeness (QED) is 0.868. The number of nitrogens with two attached hydrogens (primary N) is 1. The molecule has 0 radical (unpaired) electrons. The van der Waals surface area contributed by atoms with Gasteiger partial charge >= 0.3 is 0 Å². The third-order valence-electron chi connectivity index (χ3n) is 2.76. The Kier molecular flexibility index (Phi) is 3.99. The molecule has 0 aliphatic carbocycles. The van der Waals surface area contributed by atoms with Gasteiger partial charge in [0, 0.05) is 11.7 Å². The fourth-order valence-electron chi connectivity index (χ4n) is 1.77. The number of primary amides is 1. The molecule has 0 spiro atoms. The molecule has 0 fully saturated rings. The van der Waals surface area contributed by atoms with Crippen LogP contribution >= 0.6 is 11.3 Å². The molecule has 94 valence electrons. The van der Waals surface area contributed by atoms with Crippen molar-refractivity contribution in [3.63, 3.8) is 0 Å². The predicted molar refractivity (Wildman–Crippen MR) is 75.7 cm³/mol. The molecular weight excluding hydrogens is 244 g/mol. The molecule has 1 heterocycles. The highest BCUT2D eigenvalue weighted by Crippen LogP contribution is 2.21. The molecule has 1 atom stereocenters. The highest BCUT2D eigenvalue weighted by Gasteiger charge is 2.05. The van der Waals surface area contributed by atoms with Crippen LogP contribution in [0.5, 0.6) is 0 Å². The maximum Gasteiger partial charge on any atom is 0.221 e. The van der Waals surface area contributed by atoms with Crippen molar-refractivity contribution in [1.82, 2.24) is 0 Å². The SMILES string of the molecule is CC(Nc1ccc(CC(N)=O)cc1)c1ccsc1. The lowest BCUT2D eigenvalue weighted by Gasteiger charge is -2.14. The van der Waals surface area contributed by atoms with Crippen LogP contribution in [-0.4, -0.2) is 5.91 Å². The molecule has 3 N–H and O–H groups in total. The monoisotopic (exact) mass is 260 g/mol. The summed E-state index contributed by atoms with van der Waals surface area (Å²) in [5, 5.41) is 7.63. The van der Waals surface area contributed by atoms with E-state index in [1.54, 1.807) is 11.3 Å². The van der Waals surface area contributed by atoms with Gasteiger partial charge in [0.1, 0.15) is 0 Å². The van der Waals surface area contributed by atoms with Gasteiger partial charge in [-0.2, -0.15) is 11.3 Å². The lowest BCUT2D eigenvalue weighted by Crippen LogP contribution is -2.13. The summed E-state index contributed by atoms with van der Waals surface area (Å²) in [5.41, 5.74) is 8.42. The minimum absolute atomic E-state index is 0.276. The van der Waals surface area contributed by atoms with E-state index in [9.17, 15) is 4.79 Å². The van der Waals surface area contributed by atoms with Crippen LogP contribution in [0.1, 0.15) is 24.1 Å². The predicted octanol–water partition coefficient (Wildman–Crippen LogP) is 2.95.